The van der Waals surface area contributed by atoms with Crippen molar-refractivity contribution in [1.29, 1.82) is 0 Å². The van der Waals surface area contributed by atoms with Crippen LogP contribution >= 0.6 is 0 Å². The topological polar surface area (TPSA) is 18.5 Å². The predicted molar refractivity (Wildman–Crippen MR) is 250 cm³/mol. The molecule has 0 radical (unpaired) electrons. The molecular weight excluding hydrogens is 819 g/mol. The van der Waals surface area contributed by atoms with Gasteiger partial charge in [0.05, 0.1) is 25.3 Å². The number of benzene rings is 8. The first-order chi connectivity index (χ1) is 30.5. The lowest BCUT2D eigenvalue weighted by Gasteiger charge is -2.08. The van der Waals surface area contributed by atoms with Gasteiger partial charge in [0.15, 0.2) is 0 Å². The summed E-state index contributed by atoms with van der Waals surface area (Å²) in [4.78, 5) is 0. The third-order valence-electron chi connectivity index (χ3n) is 10.1. The summed E-state index contributed by atoms with van der Waals surface area (Å²) in [5.41, 5.74) is 11.6. The van der Waals surface area contributed by atoms with Crippen molar-refractivity contribution in [1.82, 2.24) is 0 Å². The lowest BCUT2D eigenvalue weighted by molar-refractivity contribution is -0.138. The number of rotatable bonds is 6. The second kappa shape index (κ2) is 22.3. The Kier molecular flexibility index (Phi) is 16.7. The maximum Gasteiger partial charge on any atom is 0.416 e. The van der Waals surface area contributed by atoms with Gasteiger partial charge >= 0.3 is 12.4 Å². The summed E-state index contributed by atoms with van der Waals surface area (Å²) in [6, 6.07) is 58.8. The molecule has 0 N–H and O–H groups in total. The molecule has 8 aromatic carbocycles. The predicted octanol–water partition coefficient (Wildman–Crippen LogP) is 16.7. The van der Waals surface area contributed by atoms with Gasteiger partial charge in [-0.2, -0.15) is 26.3 Å². The van der Waals surface area contributed by atoms with Crippen molar-refractivity contribution in [3.05, 3.63) is 228 Å². The second-order valence-electron chi connectivity index (χ2n) is 15.0. The lowest BCUT2D eigenvalue weighted by Crippen LogP contribution is -2.03. The Hall–Kier alpha value is -7.06. The molecule has 0 aliphatic rings. The summed E-state index contributed by atoms with van der Waals surface area (Å²) in [5.74, 6) is 1.84. The van der Waals surface area contributed by atoms with Gasteiger partial charge in [0.1, 0.15) is 11.5 Å². The van der Waals surface area contributed by atoms with Gasteiger partial charge in [-0.15, -0.1) is 0 Å². The minimum atomic E-state index is -4.27. The van der Waals surface area contributed by atoms with E-state index in [1.165, 1.54) is 46.5 Å². The number of aryl methyl sites for hydroxylation is 4. The highest BCUT2D eigenvalue weighted by molar-refractivity contribution is 5.71. The van der Waals surface area contributed by atoms with E-state index >= 15 is 0 Å². The van der Waals surface area contributed by atoms with Gasteiger partial charge in [-0.05, 0) is 97.5 Å². The van der Waals surface area contributed by atoms with E-state index in [2.05, 4.69) is 74.5 Å². The number of para-hydroxylation sites is 2. The van der Waals surface area contributed by atoms with Crippen molar-refractivity contribution < 1.29 is 35.8 Å². The van der Waals surface area contributed by atoms with Crippen molar-refractivity contribution in [2.24, 2.45) is 0 Å². The normalized spacial score (nSPS) is 10.8. The Balaban J connectivity index is 0.000000161. The number of ether oxygens (including phenoxy) is 2. The minimum absolute atomic E-state index is 0.617. The SMILES string of the molecule is COc1ccccc1-c1ccc(C)cc1.COc1ccccc1-c1ccc(C)cc1.Cc1ccc(-c2ccc(C(F)(F)F)cc2)cc1.Cc1ccc(-c2ccc(C(F)(F)F)cc2)cc1. The van der Waals surface area contributed by atoms with E-state index in [4.69, 9.17) is 9.47 Å². The molecule has 0 saturated carbocycles. The second-order valence-corrected chi connectivity index (χ2v) is 15.0. The maximum absolute atomic E-state index is 12.4. The first kappa shape index (κ1) is 48.0. The summed E-state index contributed by atoms with van der Waals surface area (Å²) >= 11 is 0. The molecule has 0 heterocycles. The average molecular weight is 869 g/mol. The van der Waals surface area contributed by atoms with E-state index in [1.807, 2.05) is 98.8 Å². The highest BCUT2D eigenvalue weighted by Gasteiger charge is 2.30. The van der Waals surface area contributed by atoms with Crippen LogP contribution in [0.1, 0.15) is 33.4 Å². The zero-order valence-electron chi connectivity index (χ0n) is 36.6. The molecule has 0 aliphatic heterocycles. The molecule has 64 heavy (non-hydrogen) atoms. The highest BCUT2D eigenvalue weighted by Crippen LogP contribution is 2.33. The van der Waals surface area contributed by atoms with Crippen LogP contribution in [-0.2, 0) is 12.4 Å². The van der Waals surface area contributed by atoms with Crippen LogP contribution in [0.3, 0.4) is 0 Å². The zero-order valence-corrected chi connectivity index (χ0v) is 36.6. The number of alkyl halides is 6. The van der Waals surface area contributed by atoms with Crippen LogP contribution in [0.5, 0.6) is 11.5 Å². The fraction of sp³-hybridized carbons (Fsp3) is 0.143. The lowest BCUT2D eigenvalue weighted by atomic mass is 10.0. The molecule has 8 heteroatoms. The summed E-state index contributed by atoms with van der Waals surface area (Å²) in [6.45, 7) is 8.12. The minimum Gasteiger partial charge on any atom is -0.496 e. The van der Waals surface area contributed by atoms with E-state index in [-0.39, 0.29) is 0 Å². The quantitative estimate of drug-likeness (QED) is 0.155. The highest BCUT2D eigenvalue weighted by atomic mass is 19.4. The van der Waals surface area contributed by atoms with Crippen LogP contribution in [0.2, 0.25) is 0 Å². The van der Waals surface area contributed by atoms with Gasteiger partial charge in [-0.3, -0.25) is 0 Å². The number of hydrogen-bond donors (Lipinski definition) is 0. The van der Waals surface area contributed by atoms with Crippen LogP contribution < -0.4 is 9.47 Å². The van der Waals surface area contributed by atoms with Crippen molar-refractivity contribution in [2.75, 3.05) is 14.2 Å². The third kappa shape index (κ3) is 14.0. The Bertz CT molecular complexity index is 2440. The number of methoxy groups -OCH3 is 2. The van der Waals surface area contributed by atoms with Crippen LogP contribution in [0.25, 0.3) is 44.5 Å². The summed E-state index contributed by atoms with van der Waals surface area (Å²) in [5, 5.41) is 0. The molecule has 0 saturated heterocycles. The Labute approximate surface area is 372 Å². The monoisotopic (exact) mass is 868 g/mol. The molecule has 328 valence electrons. The van der Waals surface area contributed by atoms with E-state index in [9.17, 15) is 26.3 Å². The average Bonchev–Trinajstić information content (AvgIpc) is 3.30. The molecule has 2 nitrogen and oxygen atoms in total. The molecule has 0 bridgehead atoms. The van der Waals surface area contributed by atoms with Gasteiger partial charge < -0.3 is 9.47 Å². The Morgan fingerprint density at radius 2 is 0.500 bits per heavy atom. The van der Waals surface area contributed by atoms with Crippen molar-refractivity contribution >= 4 is 0 Å². The fourth-order valence-electron chi connectivity index (χ4n) is 6.43. The van der Waals surface area contributed by atoms with Crippen LogP contribution in [0, 0.1) is 27.7 Å². The van der Waals surface area contributed by atoms with Gasteiger partial charge in [0.2, 0.25) is 0 Å². The van der Waals surface area contributed by atoms with Gasteiger partial charge in [0, 0.05) is 11.1 Å². The van der Waals surface area contributed by atoms with Crippen LogP contribution in [-0.4, -0.2) is 14.2 Å². The van der Waals surface area contributed by atoms with Gasteiger partial charge in [0.25, 0.3) is 0 Å². The van der Waals surface area contributed by atoms with Crippen molar-refractivity contribution in [3.63, 3.8) is 0 Å². The number of halogens is 6. The van der Waals surface area contributed by atoms with Crippen LogP contribution in [0.15, 0.2) is 194 Å². The molecule has 8 aromatic rings. The van der Waals surface area contributed by atoms with E-state index < -0.39 is 23.5 Å². The molecule has 0 amide bonds. The summed E-state index contributed by atoms with van der Waals surface area (Å²) in [6.07, 6.45) is -8.54. The van der Waals surface area contributed by atoms with Crippen molar-refractivity contribution in [3.8, 4) is 56.0 Å². The Morgan fingerprint density at radius 1 is 0.281 bits per heavy atom. The van der Waals surface area contributed by atoms with Crippen molar-refractivity contribution in [2.45, 2.75) is 40.0 Å². The molecule has 0 unspecified atom stereocenters. The molecule has 0 aliphatic carbocycles. The first-order valence-corrected chi connectivity index (χ1v) is 20.4. The first-order valence-electron chi connectivity index (χ1n) is 20.4. The smallest absolute Gasteiger partial charge is 0.416 e. The summed E-state index contributed by atoms with van der Waals surface area (Å²) in [7, 11) is 3.40. The summed E-state index contributed by atoms with van der Waals surface area (Å²) < 4.78 is 84.9. The van der Waals surface area contributed by atoms with E-state index in [0.717, 1.165) is 80.3 Å². The Morgan fingerprint density at radius 3 is 0.734 bits per heavy atom. The van der Waals surface area contributed by atoms with Gasteiger partial charge in [-0.25, -0.2) is 0 Å². The van der Waals surface area contributed by atoms with Gasteiger partial charge in [-0.1, -0.05) is 180 Å². The molecule has 0 spiro atoms. The largest absolute Gasteiger partial charge is 0.496 e. The number of hydrogen-bond acceptors (Lipinski definition) is 2. The third-order valence-corrected chi connectivity index (χ3v) is 10.1. The van der Waals surface area contributed by atoms with E-state index in [0.29, 0.717) is 0 Å². The molecule has 0 fully saturated rings. The van der Waals surface area contributed by atoms with E-state index in [1.54, 1.807) is 14.2 Å². The molecule has 0 atom stereocenters. The molecule has 8 rings (SSSR count). The standard InChI is InChI=1S/2C14H11F3.2C14H14O/c2*1-10-2-4-11(5-3-10)12-6-8-13(9-7-12)14(15,16)17;2*1-11-7-9-12(10-8-11)13-5-3-4-6-14(13)15-2/h2*2-9H,1H3;2*3-10H,1-2H3. The molecule has 0 aromatic heterocycles. The fourth-order valence-corrected chi connectivity index (χ4v) is 6.43. The maximum atomic E-state index is 12.4. The zero-order chi connectivity index (χ0) is 46.3. The molecular formula is C56H50F6O2. The van der Waals surface area contributed by atoms with Crippen LogP contribution in [0.4, 0.5) is 26.3 Å².